The van der Waals surface area contributed by atoms with Crippen LogP contribution in [0.5, 0.6) is 0 Å². The topological polar surface area (TPSA) is 52.6 Å². The minimum atomic E-state index is -3.67. The van der Waals surface area contributed by atoms with Gasteiger partial charge in [-0.25, -0.2) is 8.37 Å². The first kappa shape index (κ1) is 7.97. The van der Waals surface area contributed by atoms with Crippen LogP contribution < -0.4 is 0 Å². The molecule has 1 heterocycles. The van der Waals surface area contributed by atoms with Crippen LogP contribution in [0, 0.1) is 0 Å². The first-order valence-electron chi connectivity index (χ1n) is 3.18. The lowest BCUT2D eigenvalue weighted by atomic mass is 10.2. The normalized spacial score (nSPS) is 33.1. The lowest BCUT2D eigenvalue weighted by Crippen LogP contribution is -2.12. The van der Waals surface area contributed by atoms with Crippen LogP contribution in [0.4, 0.5) is 0 Å². The maximum Gasteiger partial charge on any atom is 0.400 e. The Hall–Kier alpha value is -0.130. The molecule has 1 fully saturated rings. The Kier molecular flexibility index (Phi) is 2.28. The largest absolute Gasteiger partial charge is 0.400 e. The van der Waals surface area contributed by atoms with Crippen molar-refractivity contribution in [3.05, 3.63) is 0 Å². The fourth-order valence-corrected chi connectivity index (χ4v) is 1.68. The number of hydrogen-bond donors (Lipinski definition) is 0. The van der Waals surface area contributed by atoms with Crippen LogP contribution >= 0.6 is 0 Å². The Morgan fingerprint density at radius 2 is 2.20 bits per heavy atom. The molecule has 60 valence electrons. The quantitative estimate of drug-likeness (QED) is 0.524. The number of rotatable bonds is 0. The van der Waals surface area contributed by atoms with Gasteiger partial charge >= 0.3 is 10.4 Å². The molecular formula is C5H10O4S. The van der Waals surface area contributed by atoms with Crippen molar-refractivity contribution >= 4 is 10.4 Å². The zero-order valence-corrected chi connectivity index (χ0v) is 6.56. The van der Waals surface area contributed by atoms with E-state index in [2.05, 4.69) is 8.37 Å². The Labute approximate surface area is 60.5 Å². The van der Waals surface area contributed by atoms with Gasteiger partial charge in [0, 0.05) is 0 Å². The van der Waals surface area contributed by atoms with E-state index in [0.717, 1.165) is 12.8 Å². The van der Waals surface area contributed by atoms with Gasteiger partial charge < -0.3 is 0 Å². The number of hydrogen-bond acceptors (Lipinski definition) is 4. The molecule has 0 aromatic heterocycles. The molecule has 0 saturated carbocycles. The molecule has 1 atom stereocenters. The fraction of sp³-hybridized carbons (Fsp3) is 1.00. The van der Waals surface area contributed by atoms with Gasteiger partial charge in [0.15, 0.2) is 0 Å². The summed E-state index contributed by atoms with van der Waals surface area (Å²) in [7, 11) is -3.67. The molecule has 0 aliphatic carbocycles. The van der Waals surface area contributed by atoms with Crippen LogP contribution in [0.15, 0.2) is 0 Å². The SMILES string of the molecule is CC1CCCOS(=O)(=O)O1. The Bertz CT molecular complexity index is 196. The summed E-state index contributed by atoms with van der Waals surface area (Å²) in [5.41, 5.74) is 0. The van der Waals surface area contributed by atoms with Gasteiger partial charge in [-0.1, -0.05) is 0 Å². The summed E-state index contributed by atoms with van der Waals surface area (Å²) in [6.07, 6.45) is 1.23. The molecule has 0 spiro atoms. The Balaban J connectivity index is 2.64. The molecule has 1 aliphatic heterocycles. The van der Waals surface area contributed by atoms with E-state index in [9.17, 15) is 8.42 Å². The zero-order valence-electron chi connectivity index (χ0n) is 5.74. The van der Waals surface area contributed by atoms with Crippen LogP contribution in [0.25, 0.3) is 0 Å². The van der Waals surface area contributed by atoms with Gasteiger partial charge in [0.25, 0.3) is 0 Å². The molecule has 0 aromatic rings. The molecule has 10 heavy (non-hydrogen) atoms. The van der Waals surface area contributed by atoms with Crippen LogP contribution in [0.1, 0.15) is 19.8 Å². The van der Waals surface area contributed by atoms with Crippen molar-refractivity contribution in [1.29, 1.82) is 0 Å². The standard InChI is InChI=1S/C5H10O4S/c1-5-3-2-4-8-10(6,7)9-5/h5H,2-4H2,1H3. The summed E-state index contributed by atoms with van der Waals surface area (Å²) >= 11 is 0. The van der Waals surface area contributed by atoms with Crippen molar-refractivity contribution in [1.82, 2.24) is 0 Å². The van der Waals surface area contributed by atoms with Crippen molar-refractivity contribution < 1.29 is 16.8 Å². The highest BCUT2D eigenvalue weighted by Crippen LogP contribution is 2.12. The molecule has 0 bridgehead atoms. The minimum absolute atomic E-state index is 0.243. The van der Waals surface area contributed by atoms with Gasteiger partial charge in [0.05, 0.1) is 12.7 Å². The highest BCUT2D eigenvalue weighted by Gasteiger charge is 2.20. The lowest BCUT2D eigenvalue weighted by Gasteiger charge is -2.04. The summed E-state index contributed by atoms with van der Waals surface area (Å²) in [6, 6.07) is 0. The van der Waals surface area contributed by atoms with Crippen LogP contribution in [0.2, 0.25) is 0 Å². The molecule has 1 rings (SSSR count). The average molecular weight is 166 g/mol. The lowest BCUT2D eigenvalue weighted by molar-refractivity contribution is 0.197. The summed E-state index contributed by atoms with van der Waals surface area (Å²) in [6.45, 7) is 1.96. The maximum atomic E-state index is 10.6. The van der Waals surface area contributed by atoms with E-state index < -0.39 is 10.4 Å². The highest BCUT2D eigenvalue weighted by atomic mass is 32.3. The van der Waals surface area contributed by atoms with Crippen LogP contribution in [0.3, 0.4) is 0 Å². The molecule has 1 aliphatic rings. The van der Waals surface area contributed by atoms with E-state index in [0.29, 0.717) is 0 Å². The summed E-state index contributed by atoms with van der Waals surface area (Å²) < 4.78 is 30.2. The Morgan fingerprint density at radius 3 is 2.90 bits per heavy atom. The third-order valence-electron chi connectivity index (χ3n) is 1.26. The van der Waals surface area contributed by atoms with E-state index >= 15 is 0 Å². The van der Waals surface area contributed by atoms with Gasteiger partial charge in [-0.05, 0) is 19.8 Å². The summed E-state index contributed by atoms with van der Waals surface area (Å²) in [5, 5.41) is 0. The van der Waals surface area contributed by atoms with E-state index in [1.807, 2.05) is 0 Å². The molecule has 0 aromatic carbocycles. The third kappa shape index (κ3) is 2.24. The predicted octanol–water partition coefficient (Wildman–Crippen LogP) is 0.447. The molecule has 4 nitrogen and oxygen atoms in total. The highest BCUT2D eigenvalue weighted by molar-refractivity contribution is 7.81. The smallest absolute Gasteiger partial charge is 0.248 e. The van der Waals surface area contributed by atoms with E-state index in [1.54, 1.807) is 6.92 Å². The fourth-order valence-electron chi connectivity index (χ4n) is 0.809. The average Bonchev–Trinajstić information content (AvgIpc) is 1.90. The molecule has 5 heteroatoms. The van der Waals surface area contributed by atoms with E-state index in [-0.39, 0.29) is 12.7 Å². The van der Waals surface area contributed by atoms with Gasteiger partial charge in [-0.3, -0.25) is 0 Å². The second-order valence-electron chi connectivity index (χ2n) is 2.28. The molecule has 0 N–H and O–H groups in total. The van der Waals surface area contributed by atoms with Gasteiger partial charge in [0.2, 0.25) is 0 Å². The van der Waals surface area contributed by atoms with Gasteiger partial charge in [-0.15, -0.1) is 0 Å². The first-order valence-corrected chi connectivity index (χ1v) is 4.51. The molecule has 1 unspecified atom stereocenters. The van der Waals surface area contributed by atoms with Crippen LogP contribution in [-0.4, -0.2) is 21.1 Å². The zero-order chi connectivity index (χ0) is 7.61. The van der Waals surface area contributed by atoms with Crippen molar-refractivity contribution in [3.63, 3.8) is 0 Å². The van der Waals surface area contributed by atoms with Crippen molar-refractivity contribution in [2.24, 2.45) is 0 Å². The predicted molar refractivity (Wildman–Crippen MR) is 34.7 cm³/mol. The summed E-state index contributed by atoms with van der Waals surface area (Å²) in [5.74, 6) is 0. The van der Waals surface area contributed by atoms with Gasteiger partial charge in [0.1, 0.15) is 0 Å². The van der Waals surface area contributed by atoms with E-state index in [4.69, 9.17) is 0 Å². The maximum absolute atomic E-state index is 10.6. The summed E-state index contributed by atoms with van der Waals surface area (Å²) in [4.78, 5) is 0. The van der Waals surface area contributed by atoms with E-state index in [1.165, 1.54) is 0 Å². The van der Waals surface area contributed by atoms with Crippen LogP contribution in [-0.2, 0) is 18.8 Å². The first-order chi connectivity index (χ1) is 4.60. The second-order valence-corrected chi connectivity index (χ2v) is 3.52. The molecule has 1 saturated heterocycles. The van der Waals surface area contributed by atoms with Crippen molar-refractivity contribution in [2.45, 2.75) is 25.9 Å². The van der Waals surface area contributed by atoms with Crippen molar-refractivity contribution in [2.75, 3.05) is 6.61 Å². The second kappa shape index (κ2) is 2.86. The third-order valence-corrected chi connectivity index (χ3v) is 2.28. The van der Waals surface area contributed by atoms with Crippen molar-refractivity contribution in [3.8, 4) is 0 Å². The molecule has 0 radical (unpaired) electrons. The minimum Gasteiger partial charge on any atom is -0.248 e. The van der Waals surface area contributed by atoms with Gasteiger partial charge in [-0.2, -0.15) is 8.42 Å². The Morgan fingerprint density at radius 1 is 1.50 bits per heavy atom. The molecular weight excluding hydrogens is 156 g/mol. The molecule has 0 amide bonds. The monoisotopic (exact) mass is 166 g/mol.